The summed E-state index contributed by atoms with van der Waals surface area (Å²) in [7, 11) is 1.66. The van der Waals surface area contributed by atoms with Gasteiger partial charge in [-0.25, -0.2) is 0 Å². The van der Waals surface area contributed by atoms with E-state index in [9.17, 15) is 0 Å². The summed E-state index contributed by atoms with van der Waals surface area (Å²) in [6, 6.07) is 0.312. The second-order valence-electron chi connectivity index (χ2n) is 2.46. The van der Waals surface area contributed by atoms with E-state index in [1.54, 1.807) is 7.11 Å². The topological polar surface area (TPSA) is 41.5 Å². The molecule has 0 aliphatic carbocycles. The van der Waals surface area contributed by atoms with E-state index < -0.39 is 21.6 Å². The Morgan fingerprint density at radius 1 is 1.83 bits per heavy atom. The molecule has 0 aromatic carbocycles. The molecule has 1 aliphatic heterocycles. The number of hydrogen-bond donors (Lipinski definition) is 2. The Kier molecular flexibility index (Phi) is 4.63. The Hall–Kier alpha value is -0.0700. The van der Waals surface area contributed by atoms with Crippen molar-refractivity contribution in [3.8, 4) is 0 Å². The summed E-state index contributed by atoms with van der Waals surface area (Å²) in [4.78, 5) is 0. The summed E-state index contributed by atoms with van der Waals surface area (Å²) < 4.78 is 14.8. The maximum atomic E-state index is 8.82. The molecule has 1 unspecified atom stereocenters. The van der Waals surface area contributed by atoms with Gasteiger partial charge in [0.1, 0.15) is 0 Å². The van der Waals surface area contributed by atoms with Crippen LogP contribution in [0.25, 0.3) is 0 Å². The molecule has 1 heterocycles. The van der Waals surface area contributed by atoms with Crippen LogP contribution in [0, 0.1) is 0 Å². The number of ether oxygens (including phenoxy) is 1. The van der Waals surface area contributed by atoms with Crippen LogP contribution < -0.4 is 26.9 Å². The summed E-state index contributed by atoms with van der Waals surface area (Å²) in [5, 5.41) is 3.27. The van der Waals surface area contributed by atoms with Crippen molar-refractivity contribution in [1.29, 1.82) is 0 Å². The van der Waals surface area contributed by atoms with Crippen LogP contribution >= 0.6 is 0 Å². The summed E-state index contributed by atoms with van der Waals surface area (Å²) in [5.74, 6) is 0.890. The van der Waals surface area contributed by atoms with Crippen molar-refractivity contribution in [2.45, 2.75) is 6.04 Å². The predicted molar refractivity (Wildman–Crippen MR) is 43.1 cm³/mol. The summed E-state index contributed by atoms with van der Waals surface area (Å²) in [6.45, 7) is 0.810. The third kappa shape index (κ3) is 3.12. The molecule has 0 saturated heterocycles. The Labute approximate surface area is 83.3 Å². The van der Waals surface area contributed by atoms with Gasteiger partial charge in [-0.15, -0.1) is 0 Å². The molecule has 0 aromatic heterocycles. The number of hydrogen-bond acceptors (Lipinski definition) is 3. The van der Waals surface area contributed by atoms with Crippen LogP contribution in [0.2, 0.25) is 0 Å². The zero-order valence-corrected chi connectivity index (χ0v) is 9.11. The van der Waals surface area contributed by atoms with E-state index in [4.69, 9.17) is 8.17 Å². The van der Waals surface area contributed by atoms with Crippen LogP contribution in [0.1, 0.15) is 0 Å². The van der Waals surface area contributed by atoms with E-state index in [1.165, 1.54) is 0 Å². The van der Waals surface area contributed by atoms with Gasteiger partial charge in [-0.1, -0.05) is 0 Å². The first-order chi connectivity index (χ1) is 5.86. The molecule has 1 aliphatic rings. The number of methoxy groups -OCH3 is 1. The van der Waals surface area contributed by atoms with Crippen LogP contribution in [0.3, 0.4) is 0 Å². The van der Waals surface area contributed by atoms with Crippen molar-refractivity contribution in [1.82, 2.24) is 5.32 Å². The first kappa shape index (κ1) is 10.0. The van der Waals surface area contributed by atoms with E-state index in [-0.39, 0.29) is 0 Å². The Morgan fingerprint density at radius 3 is 3.33 bits per heavy atom. The van der Waals surface area contributed by atoms with E-state index in [0.29, 0.717) is 6.04 Å². The van der Waals surface area contributed by atoms with Gasteiger partial charge in [0.25, 0.3) is 0 Å². The van der Waals surface area contributed by atoms with Crippen molar-refractivity contribution < 1.29 is 29.8 Å². The second kappa shape index (κ2) is 5.55. The molecule has 1 rings (SSSR count). The molecule has 0 spiro atoms. The standard InChI is InChI=1S/C8H13INO2/c1-12-8-3-2-7(6-9-11)10-5-4-8/h2-4,7,10-11H,5-6H2,1H3/q-1. The third-order valence-electron chi connectivity index (χ3n) is 1.65. The van der Waals surface area contributed by atoms with Gasteiger partial charge >= 0.3 is 83.2 Å². The summed E-state index contributed by atoms with van der Waals surface area (Å²) >= 11 is -0.627. The zero-order chi connectivity index (χ0) is 8.81. The van der Waals surface area contributed by atoms with Crippen molar-refractivity contribution in [2.75, 3.05) is 18.1 Å². The van der Waals surface area contributed by atoms with E-state index in [0.717, 1.165) is 16.7 Å². The van der Waals surface area contributed by atoms with E-state index >= 15 is 0 Å². The molecule has 0 aromatic rings. The predicted octanol–water partition coefficient (Wildman–Crippen LogP) is -2.96. The van der Waals surface area contributed by atoms with Gasteiger partial charge in [0.15, 0.2) is 0 Å². The molecule has 0 saturated carbocycles. The molecule has 0 radical (unpaired) electrons. The van der Waals surface area contributed by atoms with Gasteiger partial charge in [0, 0.05) is 0 Å². The minimum absolute atomic E-state index is 0.312. The normalized spacial score (nSPS) is 23.5. The summed E-state index contributed by atoms with van der Waals surface area (Å²) in [6.07, 6.45) is 5.98. The maximum absolute atomic E-state index is 8.82. The summed E-state index contributed by atoms with van der Waals surface area (Å²) in [5.41, 5.74) is 0. The van der Waals surface area contributed by atoms with Crippen LogP contribution in [-0.2, 0) is 4.74 Å². The monoisotopic (exact) mass is 282 g/mol. The molecule has 0 bridgehead atoms. The van der Waals surface area contributed by atoms with Gasteiger partial charge in [-0.2, -0.15) is 0 Å². The van der Waals surface area contributed by atoms with Crippen molar-refractivity contribution in [2.24, 2.45) is 0 Å². The first-order valence-electron chi connectivity index (χ1n) is 3.75. The molecule has 3 nitrogen and oxygen atoms in total. The molecule has 1 atom stereocenters. The Morgan fingerprint density at radius 2 is 2.67 bits per heavy atom. The Bertz CT molecular complexity index is 191. The quantitative estimate of drug-likeness (QED) is 0.429. The molecule has 0 fully saturated rings. The van der Waals surface area contributed by atoms with Crippen LogP contribution in [0.5, 0.6) is 0 Å². The van der Waals surface area contributed by atoms with Crippen LogP contribution in [0.4, 0.5) is 0 Å². The Balaban J connectivity index is 2.46. The van der Waals surface area contributed by atoms with Crippen molar-refractivity contribution >= 4 is 0 Å². The fraction of sp³-hybridized carbons (Fsp3) is 0.500. The van der Waals surface area contributed by atoms with Gasteiger partial charge in [0.2, 0.25) is 0 Å². The third-order valence-corrected chi connectivity index (χ3v) is 2.99. The van der Waals surface area contributed by atoms with Crippen molar-refractivity contribution in [3.05, 3.63) is 24.0 Å². The van der Waals surface area contributed by atoms with E-state index in [2.05, 4.69) is 5.32 Å². The molecule has 70 valence electrons. The fourth-order valence-corrected chi connectivity index (χ4v) is 2.02. The van der Waals surface area contributed by atoms with Gasteiger partial charge in [-0.05, 0) is 0 Å². The van der Waals surface area contributed by atoms with Crippen LogP contribution in [-0.4, -0.2) is 27.6 Å². The zero-order valence-electron chi connectivity index (χ0n) is 6.96. The number of alkyl halides is 1. The van der Waals surface area contributed by atoms with Gasteiger partial charge in [-0.3, -0.25) is 0 Å². The fourth-order valence-electron chi connectivity index (χ4n) is 0.990. The SMILES string of the molecule is COC1=CCNC(C[I-]O)C=C1. The molecular formula is C8H13INO2-. The van der Waals surface area contributed by atoms with Crippen molar-refractivity contribution in [3.63, 3.8) is 0 Å². The number of halogens is 1. The van der Waals surface area contributed by atoms with E-state index in [1.807, 2.05) is 18.2 Å². The number of allylic oxidation sites excluding steroid dienone is 1. The molecule has 2 N–H and O–H groups in total. The second-order valence-corrected chi connectivity index (χ2v) is 4.02. The number of nitrogens with one attached hydrogen (secondary N) is 1. The number of rotatable bonds is 3. The molecule has 0 amide bonds. The minimum atomic E-state index is -0.627. The average molecular weight is 282 g/mol. The molecular weight excluding hydrogens is 269 g/mol. The van der Waals surface area contributed by atoms with Gasteiger partial charge in [0.05, 0.1) is 0 Å². The van der Waals surface area contributed by atoms with Crippen LogP contribution in [0.15, 0.2) is 24.0 Å². The first-order valence-corrected chi connectivity index (χ1v) is 6.24. The average Bonchev–Trinajstić information content (AvgIpc) is 2.31. The molecule has 4 heteroatoms. The molecule has 12 heavy (non-hydrogen) atoms. The van der Waals surface area contributed by atoms with Gasteiger partial charge < -0.3 is 0 Å².